The van der Waals surface area contributed by atoms with E-state index < -0.39 is 0 Å². The summed E-state index contributed by atoms with van der Waals surface area (Å²) in [6, 6.07) is 0. The molecule has 0 bridgehead atoms. The lowest BCUT2D eigenvalue weighted by molar-refractivity contribution is 0.238. The molecule has 20 heavy (non-hydrogen) atoms. The number of aromatic nitrogens is 1. The molecule has 1 atom stereocenters. The summed E-state index contributed by atoms with van der Waals surface area (Å²) in [6.45, 7) is 12.1. The first-order valence-corrected chi connectivity index (χ1v) is 8.79. The van der Waals surface area contributed by atoms with E-state index in [1.165, 1.54) is 35.0 Å². The topological polar surface area (TPSA) is 42.2 Å². The molecule has 2 N–H and O–H groups in total. The lowest BCUT2D eigenvalue weighted by atomic mass is 9.78. The van der Waals surface area contributed by atoms with Gasteiger partial charge in [0, 0.05) is 24.5 Å². The smallest absolute Gasteiger partial charge is 0.185 e. The van der Waals surface area contributed by atoms with Crippen molar-refractivity contribution in [2.75, 3.05) is 18.0 Å². The van der Waals surface area contributed by atoms with Crippen LogP contribution in [-0.2, 0) is 6.54 Å². The number of thiazole rings is 1. The van der Waals surface area contributed by atoms with Crippen LogP contribution in [0.4, 0.5) is 5.13 Å². The highest BCUT2D eigenvalue weighted by atomic mass is 32.1. The molecule has 1 unspecified atom stereocenters. The molecule has 0 spiro atoms. The van der Waals surface area contributed by atoms with Crippen LogP contribution in [0.3, 0.4) is 0 Å². The van der Waals surface area contributed by atoms with Gasteiger partial charge in [0.1, 0.15) is 0 Å². The molecule has 1 saturated heterocycles. The van der Waals surface area contributed by atoms with Crippen LogP contribution < -0.4 is 10.6 Å². The Morgan fingerprint density at radius 3 is 2.50 bits per heavy atom. The molecule has 1 aliphatic heterocycles. The maximum Gasteiger partial charge on any atom is 0.185 e. The van der Waals surface area contributed by atoms with E-state index in [4.69, 9.17) is 10.7 Å². The number of hydrogen-bond acceptors (Lipinski definition) is 4. The van der Waals surface area contributed by atoms with Crippen molar-refractivity contribution in [2.24, 2.45) is 11.1 Å². The van der Waals surface area contributed by atoms with E-state index in [0.29, 0.717) is 17.9 Å². The highest BCUT2D eigenvalue weighted by Crippen LogP contribution is 2.38. The van der Waals surface area contributed by atoms with Crippen LogP contribution in [0.15, 0.2) is 0 Å². The molecule has 0 saturated carbocycles. The van der Waals surface area contributed by atoms with Gasteiger partial charge in [0.05, 0.1) is 5.69 Å². The van der Waals surface area contributed by atoms with E-state index >= 15 is 0 Å². The fourth-order valence-corrected chi connectivity index (χ4v) is 3.91. The Bertz CT molecular complexity index is 433. The molecule has 2 heterocycles. The van der Waals surface area contributed by atoms with E-state index in [0.717, 1.165) is 19.5 Å². The molecule has 1 aliphatic rings. The van der Waals surface area contributed by atoms with Crippen molar-refractivity contribution in [2.45, 2.75) is 65.8 Å². The van der Waals surface area contributed by atoms with Gasteiger partial charge < -0.3 is 10.6 Å². The van der Waals surface area contributed by atoms with Gasteiger partial charge in [-0.2, -0.15) is 0 Å². The van der Waals surface area contributed by atoms with Crippen molar-refractivity contribution in [3.8, 4) is 0 Å². The Kier molecular flexibility index (Phi) is 5.08. The predicted octanol–water partition coefficient (Wildman–Crippen LogP) is 4.13. The van der Waals surface area contributed by atoms with Gasteiger partial charge in [-0.3, -0.25) is 0 Å². The van der Waals surface area contributed by atoms with Gasteiger partial charge >= 0.3 is 0 Å². The summed E-state index contributed by atoms with van der Waals surface area (Å²) in [5.74, 6) is 0.518. The number of piperidine rings is 1. The van der Waals surface area contributed by atoms with Gasteiger partial charge in [-0.25, -0.2) is 4.98 Å². The summed E-state index contributed by atoms with van der Waals surface area (Å²) in [5.41, 5.74) is 7.67. The summed E-state index contributed by atoms with van der Waals surface area (Å²) >= 11 is 1.81. The average Bonchev–Trinajstić information content (AvgIpc) is 2.91. The van der Waals surface area contributed by atoms with Crippen LogP contribution in [0.2, 0.25) is 0 Å². The van der Waals surface area contributed by atoms with Crippen molar-refractivity contribution in [1.82, 2.24) is 4.98 Å². The number of hydrogen-bond donors (Lipinski definition) is 1. The Morgan fingerprint density at radius 2 is 2.00 bits per heavy atom. The second-order valence-corrected chi connectivity index (χ2v) is 7.53. The zero-order valence-corrected chi connectivity index (χ0v) is 14.2. The first kappa shape index (κ1) is 15.8. The molecule has 1 aromatic rings. The number of nitrogens with two attached hydrogens (primary N) is 1. The first-order chi connectivity index (χ1) is 9.53. The molecular weight excluding hydrogens is 266 g/mol. The van der Waals surface area contributed by atoms with Gasteiger partial charge in [-0.1, -0.05) is 34.1 Å². The number of nitrogens with zero attached hydrogens (tertiary/aromatic N) is 2. The van der Waals surface area contributed by atoms with Gasteiger partial charge in [0.2, 0.25) is 0 Å². The third-order valence-electron chi connectivity index (χ3n) is 5.08. The number of rotatable bonds is 5. The normalized spacial score (nSPS) is 20.1. The fraction of sp³-hybridized carbons (Fsp3) is 0.812. The average molecular weight is 295 g/mol. The van der Waals surface area contributed by atoms with Crippen molar-refractivity contribution in [3.05, 3.63) is 10.6 Å². The lowest BCUT2D eigenvalue weighted by Gasteiger charge is -2.38. The second-order valence-electron chi connectivity index (χ2n) is 6.47. The van der Waals surface area contributed by atoms with Gasteiger partial charge in [-0.15, -0.1) is 11.3 Å². The van der Waals surface area contributed by atoms with Crippen LogP contribution >= 0.6 is 11.3 Å². The molecular formula is C16H29N3S. The maximum atomic E-state index is 5.90. The molecule has 0 aliphatic carbocycles. The van der Waals surface area contributed by atoms with Crippen molar-refractivity contribution < 1.29 is 0 Å². The fourth-order valence-electron chi connectivity index (χ4n) is 2.80. The van der Waals surface area contributed by atoms with Crippen molar-refractivity contribution in [1.29, 1.82) is 0 Å². The van der Waals surface area contributed by atoms with Crippen molar-refractivity contribution >= 4 is 16.5 Å². The van der Waals surface area contributed by atoms with E-state index in [2.05, 4.69) is 32.6 Å². The predicted molar refractivity (Wildman–Crippen MR) is 88.6 cm³/mol. The summed E-state index contributed by atoms with van der Waals surface area (Å²) < 4.78 is 0. The SMILES string of the molecule is CCC(C)c1nc(N2CCC(C)(CC)CC2)sc1CN. The summed E-state index contributed by atoms with van der Waals surface area (Å²) in [7, 11) is 0. The molecule has 1 fully saturated rings. The molecule has 0 aromatic carbocycles. The van der Waals surface area contributed by atoms with Crippen molar-refractivity contribution in [3.63, 3.8) is 0 Å². The standard InChI is InChI=1S/C16H29N3S/c1-5-12(3)14-13(11-17)20-15(18-14)19-9-7-16(4,6-2)8-10-19/h12H,5-11,17H2,1-4H3. The molecule has 0 radical (unpaired) electrons. The highest BCUT2D eigenvalue weighted by Gasteiger charge is 2.30. The Balaban J connectivity index is 2.12. The van der Waals surface area contributed by atoms with E-state index in [-0.39, 0.29) is 0 Å². The molecule has 4 heteroatoms. The second kappa shape index (κ2) is 6.44. The first-order valence-electron chi connectivity index (χ1n) is 7.97. The lowest BCUT2D eigenvalue weighted by Crippen LogP contribution is -2.38. The summed E-state index contributed by atoms with van der Waals surface area (Å²) in [6.07, 6.45) is 4.97. The van der Waals surface area contributed by atoms with Crippen LogP contribution in [0.5, 0.6) is 0 Å². The quantitative estimate of drug-likeness (QED) is 0.888. The Morgan fingerprint density at radius 1 is 1.35 bits per heavy atom. The zero-order chi connectivity index (χ0) is 14.8. The molecule has 1 aromatic heterocycles. The maximum absolute atomic E-state index is 5.90. The third kappa shape index (κ3) is 3.17. The minimum atomic E-state index is 0.518. The van der Waals surface area contributed by atoms with Crippen LogP contribution in [0.25, 0.3) is 0 Å². The third-order valence-corrected chi connectivity index (χ3v) is 6.23. The number of anilines is 1. The Labute approximate surface area is 127 Å². The van der Waals surface area contributed by atoms with E-state index in [1.54, 1.807) is 0 Å². The molecule has 0 amide bonds. The van der Waals surface area contributed by atoms with Gasteiger partial charge in [-0.05, 0) is 30.6 Å². The Hall–Kier alpha value is -0.610. The van der Waals surface area contributed by atoms with Crippen LogP contribution in [0.1, 0.15) is 69.9 Å². The largest absolute Gasteiger partial charge is 0.348 e. The highest BCUT2D eigenvalue weighted by molar-refractivity contribution is 7.15. The molecule has 3 nitrogen and oxygen atoms in total. The summed E-state index contributed by atoms with van der Waals surface area (Å²) in [5, 5.41) is 1.19. The minimum absolute atomic E-state index is 0.518. The van der Waals surface area contributed by atoms with Gasteiger partial charge in [0.25, 0.3) is 0 Å². The van der Waals surface area contributed by atoms with Gasteiger partial charge in [0.15, 0.2) is 5.13 Å². The van der Waals surface area contributed by atoms with Crippen LogP contribution in [-0.4, -0.2) is 18.1 Å². The molecule has 114 valence electrons. The minimum Gasteiger partial charge on any atom is -0.348 e. The monoisotopic (exact) mass is 295 g/mol. The van der Waals surface area contributed by atoms with E-state index in [9.17, 15) is 0 Å². The molecule has 2 rings (SSSR count). The van der Waals surface area contributed by atoms with E-state index in [1.807, 2.05) is 11.3 Å². The summed E-state index contributed by atoms with van der Waals surface area (Å²) in [4.78, 5) is 8.65. The van der Waals surface area contributed by atoms with Crippen LogP contribution in [0, 0.1) is 5.41 Å². The zero-order valence-electron chi connectivity index (χ0n) is 13.4.